The number of aliphatic hydroxyl groups is 4. The van der Waals surface area contributed by atoms with Gasteiger partial charge in [0.15, 0.2) is 0 Å². The fraction of sp³-hybridized carbons (Fsp3) is 0.0476. The van der Waals surface area contributed by atoms with Crippen molar-refractivity contribution in [2.45, 2.75) is 12.6 Å². The van der Waals surface area contributed by atoms with Crippen LogP contribution in [0.3, 0.4) is 0 Å². The van der Waals surface area contributed by atoms with Gasteiger partial charge in [-0.3, -0.25) is 39.9 Å². The molecule has 0 fully saturated rings. The van der Waals surface area contributed by atoms with Crippen molar-refractivity contribution in [2.24, 2.45) is 0 Å². The molecule has 0 saturated carbocycles. The van der Waals surface area contributed by atoms with Crippen LogP contribution in [0.4, 0.5) is 0 Å². The van der Waals surface area contributed by atoms with Crippen LogP contribution in [-0.4, -0.2) is 72.9 Å². The molecule has 8 aromatic heterocycles. The Balaban J connectivity index is 0.000000244. The van der Waals surface area contributed by atoms with Crippen LogP contribution in [0.5, 0.6) is 0 Å². The van der Waals surface area contributed by atoms with Crippen LogP contribution >= 0.6 is 0 Å². The summed E-state index contributed by atoms with van der Waals surface area (Å²) in [6.07, 6.45) is 10.1. The van der Waals surface area contributed by atoms with Gasteiger partial charge in [0.1, 0.15) is 0 Å². The Morgan fingerprint density at radius 2 is 0.357 bits per heavy atom. The standard InChI is InChI=1S/4C10H8N2.C2H6O4.2Ru/c4*1-3-7-11-9(5-1)10-6-2-4-8-12-10;3-1(4)2(5)6;;/h4*1-8H;1-6H;;. The molecule has 56 heavy (non-hydrogen) atoms. The van der Waals surface area contributed by atoms with Crippen molar-refractivity contribution in [3.63, 3.8) is 0 Å². The molecule has 14 heteroatoms. The first-order chi connectivity index (χ1) is 26.5. The van der Waals surface area contributed by atoms with Gasteiger partial charge < -0.3 is 20.4 Å². The van der Waals surface area contributed by atoms with Gasteiger partial charge in [-0.2, -0.15) is 0 Å². The number of pyridine rings is 8. The Labute approximate surface area is 350 Å². The van der Waals surface area contributed by atoms with Gasteiger partial charge in [-0.05, 0) is 97.1 Å². The Morgan fingerprint density at radius 3 is 0.429 bits per heavy atom. The third-order valence-electron chi connectivity index (χ3n) is 6.64. The first-order valence-corrected chi connectivity index (χ1v) is 16.5. The third-order valence-corrected chi connectivity index (χ3v) is 6.64. The minimum absolute atomic E-state index is 0. The van der Waals surface area contributed by atoms with Crippen LogP contribution in [0, 0.1) is 0 Å². The Bertz CT molecular complexity index is 1650. The summed E-state index contributed by atoms with van der Waals surface area (Å²) in [7, 11) is 0. The molecule has 0 unspecified atom stereocenters. The molecule has 0 atom stereocenters. The van der Waals surface area contributed by atoms with Crippen molar-refractivity contribution < 1.29 is 59.4 Å². The van der Waals surface area contributed by atoms with Crippen molar-refractivity contribution in [3.05, 3.63) is 195 Å². The van der Waals surface area contributed by atoms with E-state index in [1.807, 2.05) is 146 Å². The minimum atomic E-state index is -2.04. The van der Waals surface area contributed by atoms with Crippen LogP contribution in [0.15, 0.2) is 195 Å². The molecule has 4 N–H and O–H groups in total. The van der Waals surface area contributed by atoms with E-state index in [0.29, 0.717) is 0 Å². The fourth-order valence-corrected chi connectivity index (χ4v) is 4.11. The fourth-order valence-electron chi connectivity index (χ4n) is 4.11. The van der Waals surface area contributed by atoms with Crippen molar-refractivity contribution in [2.75, 3.05) is 0 Å². The number of rotatable bonds is 5. The molecule has 286 valence electrons. The minimum Gasteiger partial charge on any atom is -0.364 e. The third kappa shape index (κ3) is 17.6. The maximum atomic E-state index is 7.69. The number of hydrogen-bond acceptors (Lipinski definition) is 12. The second-order valence-electron chi connectivity index (χ2n) is 10.5. The van der Waals surface area contributed by atoms with Gasteiger partial charge in [-0.1, -0.05) is 48.5 Å². The van der Waals surface area contributed by atoms with Crippen LogP contribution < -0.4 is 0 Å². The molecule has 0 amide bonds. The SMILES string of the molecule is OC(O)C(O)O.[Ru].[Ru].c1ccc(-c2ccccn2)nc1.c1ccc(-c2ccccn2)nc1.c1ccc(-c2ccccn2)nc1.c1ccc(-c2ccccn2)nc1. The van der Waals surface area contributed by atoms with Crippen LogP contribution in [0.25, 0.3) is 45.6 Å². The van der Waals surface area contributed by atoms with Crippen LogP contribution in [0.1, 0.15) is 0 Å². The summed E-state index contributed by atoms with van der Waals surface area (Å²) in [6, 6.07) is 46.4. The Hall–Kier alpha value is -5.71. The normalized spacial score (nSPS) is 9.46. The quantitative estimate of drug-likeness (QED) is 0.114. The second kappa shape index (κ2) is 27.8. The summed E-state index contributed by atoms with van der Waals surface area (Å²) in [4.78, 5) is 33.5. The Kier molecular flexibility index (Phi) is 23.1. The number of hydrogen-bond donors (Lipinski definition) is 4. The first-order valence-electron chi connectivity index (χ1n) is 16.5. The topological polar surface area (TPSA) is 184 Å². The maximum Gasteiger partial charge on any atom is 0.204 e. The predicted octanol–water partition coefficient (Wildman–Crippen LogP) is 6.18. The van der Waals surface area contributed by atoms with Crippen LogP contribution in [-0.2, 0) is 39.0 Å². The molecule has 0 radical (unpaired) electrons. The van der Waals surface area contributed by atoms with E-state index in [2.05, 4.69) is 39.9 Å². The zero-order valence-electron chi connectivity index (χ0n) is 29.7. The van der Waals surface area contributed by atoms with Crippen molar-refractivity contribution >= 4 is 0 Å². The number of nitrogens with zero attached hydrogens (tertiary/aromatic N) is 8. The molecule has 0 spiro atoms. The largest absolute Gasteiger partial charge is 0.364 e. The monoisotopic (exact) mass is 922 g/mol. The summed E-state index contributed by atoms with van der Waals surface area (Å²) >= 11 is 0. The average molecular weight is 921 g/mol. The van der Waals surface area contributed by atoms with E-state index in [9.17, 15) is 0 Å². The van der Waals surface area contributed by atoms with Crippen molar-refractivity contribution in [3.8, 4) is 45.6 Å². The molecular formula is C42H38N8O4Ru2. The number of aliphatic hydroxyl groups excluding tert-OH is 2. The summed E-state index contributed by atoms with van der Waals surface area (Å²) in [5, 5.41) is 30.7. The van der Waals surface area contributed by atoms with Crippen LogP contribution in [0.2, 0.25) is 0 Å². The molecule has 0 aliphatic heterocycles. The average Bonchev–Trinajstić information content (AvgIpc) is 3.27. The maximum absolute atomic E-state index is 7.69. The van der Waals surface area contributed by atoms with E-state index in [1.54, 1.807) is 49.6 Å². The summed E-state index contributed by atoms with van der Waals surface area (Å²) in [5.74, 6) is 0. The summed E-state index contributed by atoms with van der Waals surface area (Å²) < 4.78 is 0. The van der Waals surface area contributed by atoms with E-state index in [1.165, 1.54) is 0 Å². The molecule has 0 aromatic carbocycles. The van der Waals surface area contributed by atoms with Crippen molar-refractivity contribution in [1.82, 2.24) is 39.9 Å². The van der Waals surface area contributed by atoms with Gasteiger partial charge in [0.2, 0.25) is 12.6 Å². The molecular weight excluding hydrogens is 883 g/mol. The Morgan fingerprint density at radius 1 is 0.232 bits per heavy atom. The molecule has 12 nitrogen and oxygen atoms in total. The van der Waals surface area contributed by atoms with Gasteiger partial charge in [-0.15, -0.1) is 0 Å². The zero-order chi connectivity index (χ0) is 38.1. The van der Waals surface area contributed by atoms with Gasteiger partial charge in [0, 0.05) is 88.5 Å². The summed E-state index contributed by atoms with van der Waals surface area (Å²) in [6.45, 7) is 0. The molecule has 0 saturated heterocycles. The van der Waals surface area contributed by atoms with E-state index in [0.717, 1.165) is 45.6 Å². The van der Waals surface area contributed by atoms with E-state index in [-0.39, 0.29) is 39.0 Å². The van der Waals surface area contributed by atoms with E-state index < -0.39 is 12.6 Å². The molecule has 8 heterocycles. The molecule has 0 aliphatic carbocycles. The van der Waals surface area contributed by atoms with Gasteiger partial charge >= 0.3 is 0 Å². The predicted molar refractivity (Wildman–Crippen MR) is 206 cm³/mol. The van der Waals surface area contributed by atoms with Crippen molar-refractivity contribution in [1.29, 1.82) is 0 Å². The van der Waals surface area contributed by atoms with Gasteiger partial charge in [0.25, 0.3) is 0 Å². The molecule has 0 aliphatic rings. The van der Waals surface area contributed by atoms with E-state index in [4.69, 9.17) is 20.4 Å². The second-order valence-corrected chi connectivity index (χ2v) is 10.5. The molecule has 8 rings (SSSR count). The molecule has 8 aromatic rings. The van der Waals surface area contributed by atoms with Gasteiger partial charge in [-0.25, -0.2) is 0 Å². The zero-order valence-corrected chi connectivity index (χ0v) is 33.2. The summed E-state index contributed by atoms with van der Waals surface area (Å²) in [5.41, 5.74) is 7.32. The van der Waals surface area contributed by atoms with E-state index >= 15 is 0 Å². The smallest absolute Gasteiger partial charge is 0.204 e. The first kappa shape index (κ1) is 46.4. The van der Waals surface area contributed by atoms with Gasteiger partial charge in [0.05, 0.1) is 45.6 Å². The molecule has 0 bridgehead atoms. The number of aromatic nitrogens is 8.